The van der Waals surface area contributed by atoms with E-state index in [9.17, 15) is 9.50 Å². The van der Waals surface area contributed by atoms with E-state index < -0.39 is 6.10 Å². The van der Waals surface area contributed by atoms with Crippen molar-refractivity contribution in [2.45, 2.75) is 32.8 Å². The molecule has 1 aromatic carbocycles. The first-order valence-corrected chi connectivity index (χ1v) is 5.50. The first-order chi connectivity index (χ1) is 7.38. The number of benzene rings is 1. The van der Waals surface area contributed by atoms with Crippen LogP contribution >= 0.6 is 0 Å². The molecule has 3 N–H and O–H groups in total. The van der Waals surface area contributed by atoms with Crippen LogP contribution in [0.2, 0.25) is 0 Å². The molecular formula is C13H20FNO. The minimum Gasteiger partial charge on any atom is -0.392 e. The van der Waals surface area contributed by atoms with Crippen LogP contribution in [0, 0.1) is 11.2 Å². The smallest absolute Gasteiger partial charge is 0.126 e. The number of nitrogens with two attached hydrogens (primary N) is 1. The zero-order valence-corrected chi connectivity index (χ0v) is 10.1. The molecule has 2 nitrogen and oxygen atoms in total. The van der Waals surface area contributed by atoms with Crippen molar-refractivity contribution in [2.75, 3.05) is 6.54 Å². The molecule has 0 radical (unpaired) electrons. The lowest BCUT2D eigenvalue weighted by molar-refractivity contribution is 0.0398. The molecule has 0 aliphatic heterocycles. The van der Waals surface area contributed by atoms with E-state index >= 15 is 0 Å². The van der Waals surface area contributed by atoms with Crippen molar-refractivity contribution < 1.29 is 9.50 Å². The Hall–Kier alpha value is -0.930. The highest BCUT2D eigenvalue weighted by Gasteiger charge is 2.31. The van der Waals surface area contributed by atoms with E-state index in [4.69, 9.17) is 5.73 Å². The third kappa shape index (κ3) is 2.80. The van der Waals surface area contributed by atoms with Gasteiger partial charge in [0.1, 0.15) is 5.82 Å². The molecule has 0 spiro atoms. The number of hydrogen-bond donors (Lipinski definition) is 2. The van der Waals surface area contributed by atoms with Crippen LogP contribution in [0.5, 0.6) is 0 Å². The fraction of sp³-hybridized carbons (Fsp3) is 0.538. The normalized spacial score (nSPS) is 15.9. The molecule has 0 aliphatic carbocycles. The van der Waals surface area contributed by atoms with Gasteiger partial charge in [0.25, 0.3) is 0 Å². The molecule has 0 bridgehead atoms. The highest BCUT2D eigenvalue weighted by atomic mass is 19.1. The van der Waals surface area contributed by atoms with E-state index in [1.54, 1.807) is 18.2 Å². The predicted octanol–water partition coefficient (Wildman–Crippen LogP) is 2.28. The molecule has 0 fully saturated rings. The highest BCUT2D eigenvalue weighted by molar-refractivity contribution is 5.23. The van der Waals surface area contributed by atoms with Gasteiger partial charge in [-0.15, -0.1) is 0 Å². The summed E-state index contributed by atoms with van der Waals surface area (Å²) in [5.41, 5.74) is 5.82. The fourth-order valence-electron chi connectivity index (χ4n) is 1.81. The summed E-state index contributed by atoms with van der Waals surface area (Å²) >= 11 is 0. The molecule has 0 aliphatic rings. The van der Waals surface area contributed by atoms with Crippen LogP contribution in [0.3, 0.4) is 0 Å². The number of halogens is 1. The van der Waals surface area contributed by atoms with Crippen LogP contribution in [0.1, 0.15) is 32.3 Å². The highest BCUT2D eigenvalue weighted by Crippen LogP contribution is 2.32. The van der Waals surface area contributed by atoms with E-state index in [1.807, 2.05) is 20.8 Å². The molecule has 0 saturated heterocycles. The minimum absolute atomic E-state index is 0.235. The molecule has 2 unspecified atom stereocenters. The second-order valence-corrected chi connectivity index (χ2v) is 5.17. The van der Waals surface area contributed by atoms with Gasteiger partial charge in [-0.3, -0.25) is 0 Å². The Kier molecular flexibility index (Phi) is 4.05. The maximum atomic E-state index is 13.6. The summed E-state index contributed by atoms with van der Waals surface area (Å²) < 4.78 is 13.6. The maximum Gasteiger partial charge on any atom is 0.126 e. The van der Waals surface area contributed by atoms with Gasteiger partial charge in [-0.05, 0) is 17.0 Å². The van der Waals surface area contributed by atoms with Crippen molar-refractivity contribution in [3.05, 3.63) is 35.6 Å². The molecule has 3 heteroatoms. The van der Waals surface area contributed by atoms with E-state index in [1.165, 1.54) is 6.07 Å². The van der Waals surface area contributed by atoms with Crippen LogP contribution in [0.25, 0.3) is 0 Å². The Bertz CT molecular complexity index is 346. The van der Waals surface area contributed by atoms with Gasteiger partial charge in [0.15, 0.2) is 0 Å². The van der Waals surface area contributed by atoms with Gasteiger partial charge in [0, 0.05) is 12.5 Å². The topological polar surface area (TPSA) is 46.2 Å². The fourth-order valence-corrected chi connectivity index (χ4v) is 1.81. The Balaban J connectivity index is 3.04. The Morgan fingerprint density at radius 3 is 2.31 bits per heavy atom. The minimum atomic E-state index is -0.658. The summed E-state index contributed by atoms with van der Waals surface area (Å²) in [5.74, 6) is -0.664. The van der Waals surface area contributed by atoms with Gasteiger partial charge in [-0.1, -0.05) is 39.0 Å². The third-order valence-corrected chi connectivity index (χ3v) is 2.83. The van der Waals surface area contributed by atoms with Crippen molar-refractivity contribution in [3.8, 4) is 0 Å². The summed E-state index contributed by atoms with van der Waals surface area (Å²) in [6, 6.07) is 6.47. The average molecular weight is 225 g/mol. The monoisotopic (exact) mass is 225 g/mol. The predicted molar refractivity (Wildman–Crippen MR) is 63.7 cm³/mol. The van der Waals surface area contributed by atoms with Gasteiger partial charge >= 0.3 is 0 Å². The molecular weight excluding hydrogens is 205 g/mol. The van der Waals surface area contributed by atoms with Gasteiger partial charge in [-0.25, -0.2) is 4.39 Å². The first-order valence-electron chi connectivity index (χ1n) is 5.50. The SMILES string of the molecule is CC(C)(C)C(O)C(CN)c1ccccc1F. The van der Waals surface area contributed by atoms with E-state index in [2.05, 4.69) is 0 Å². The zero-order chi connectivity index (χ0) is 12.3. The molecule has 0 saturated carbocycles. The van der Waals surface area contributed by atoms with Crippen LogP contribution in [-0.4, -0.2) is 17.8 Å². The van der Waals surface area contributed by atoms with Gasteiger partial charge in [0.2, 0.25) is 0 Å². The van der Waals surface area contributed by atoms with Crippen LogP contribution in [-0.2, 0) is 0 Å². The second-order valence-electron chi connectivity index (χ2n) is 5.17. The Morgan fingerprint density at radius 1 is 1.31 bits per heavy atom. The molecule has 0 aromatic heterocycles. The summed E-state index contributed by atoms with van der Waals surface area (Å²) in [4.78, 5) is 0. The lowest BCUT2D eigenvalue weighted by Gasteiger charge is -2.32. The molecule has 1 aromatic rings. The molecule has 16 heavy (non-hydrogen) atoms. The molecule has 0 amide bonds. The van der Waals surface area contributed by atoms with Crippen molar-refractivity contribution >= 4 is 0 Å². The second kappa shape index (κ2) is 4.93. The molecule has 0 heterocycles. The molecule has 90 valence electrons. The number of aliphatic hydroxyl groups excluding tert-OH is 1. The lowest BCUT2D eigenvalue weighted by atomic mass is 9.78. The summed E-state index contributed by atoms with van der Waals surface area (Å²) in [6.45, 7) is 5.99. The van der Waals surface area contributed by atoms with E-state index in [0.717, 1.165) is 0 Å². The Labute approximate surface area is 96.3 Å². The third-order valence-electron chi connectivity index (χ3n) is 2.83. The van der Waals surface area contributed by atoms with Crippen LogP contribution < -0.4 is 5.73 Å². The number of aliphatic hydroxyl groups is 1. The zero-order valence-electron chi connectivity index (χ0n) is 10.1. The summed E-state index contributed by atoms with van der Waals surface area (Å²) in [6.07, 6.45) is -0.658. The van der Waals surface area contributed by atoms with Crippen molar-refractivity contribution in [1.29, 1.82) is 0 Å². The maximum absolute atomic E-state index is 13.6. The molecule has 2 atom stereocenters. The Morgan fingerprint density at radius 2 is 1.88 bits per heavy atom. The average Bonchev–Trinajstić information content (AvgIpc) is 2.20. The van der Waals surface area contributed by atoms with Crippen molar-refractivity contribution in [1.82, 2.24) is 0 Å². The molecule has 1 rings (SSSR count). The van der Waals surface area contributed by atoms with E-state index in [-0.39, 0.29) is 23.7 Å². The largest absolute Gasteiger partial charge is 0.392 e. The number of hydrogen-bond acceptors (Lipinski definition) is 2. The quantitative estimate of drug-likeness (QED) is 0.829. The first kappa shape index (κ1) is 13.1. The van der Waals surface area contributed by atoms with E-state index in [0.29, 0.717) is 5.56 Å². The van der Waals surface area contributed by atoms with Gasteiger partial charge in [0.05, 0.1) is 6.10 Å². The van der Waals surface area contributed by atoms with Crippen molar-refractivity contribution in [2.24, 2.45) is 11.1 Å². The van der Waals surface area contributed by atoms with Gasteiger partial charge in [-0.2, -0.15) is 0 Å². The van der Waals surface area contributed by atoms with Crippen LogP contribution in [0.4, 0.5) is 4.39 Å². The van der Waals surface area contributed by atoms with Crippen molar-refractivity contribution in [3.63, 3.8) is 0 Å². The van der Waals surface area contributed by atoms with Gasteiger partial charge < -0.3 is 10.8 Å². The summed E-state index contributed by atoms with van der Waals surface area (Å²) in [5, 5.41) is 10.2. The summed E-state index contributed by atoms with van der Waals surface area (Å²) in [7, 11) is 0. The number of rotatable bonds is 3. The lowest BCUT2D eigenvalue weighted by Crippen LogP contribution is -2.36. The van der Waals surface area contributed by atoms with Crippen LogP contribution in [0.15, 0.2) is 24.3 Å². The standard InChI is InChI=1S/C13H20FNO/c1-13(2,3)12(16)10(8-15)9-6-4-5-7-11(9)14/h4-7,10,12,16H,8,15H2,1-3H3.